The molecule has 0 atom stereocenters. The zero-order valence-corrected chi connectivity index (χ0v) is 18.8. The van der Waals surface area contributed by atoms with E-state index >= 15 is 0 Å². The van der Waals surface area contributed by atoms with Crippen molar-refractivity contribution in [2.24, 2.45) is 0 Å². The molecule has 2 heterocycles. The van der Waals surface area contributed by atoms with Gasteiger partial charge in [-0.3, -0.25) is 9.59 Å². The van der Waals surface area contributed by atoms with Gasteiger partial charge in [0.2, 0.25) is 0 Å². The van der Waals surface area contributed by atoms with Gasteiger partial charge in [-0.05, 0) is 42.5 Å². The first-order chi connectivity index (χ1) is 16.3. The maximum atomic E-state index is 13.3. The van der Waals surface area contributed by atoms with E-state index in [1.165, 1.54) is 34.6 Å². The summed E-state index contributed by atoms with van der Waals surface area (Å²) in [7, 11) is 0. The molecule has 1 aliphatic heterocycles. The summed E-state index contributed by atoms with van der Waals surface area (Å²) in [6.07, 6.45) is -4.58. The zero-order valence-electron chi connectivity index (χ0n) is 18.0. The van der Waals surface area contributed by atoms with E-state index in [1.807, 2.05) is 42.5 Å². The Morgan fingerprint density at radius 2 is 1.50 bits per heavy atom. The summed E-state index contributed by atoms with van der Waals surface area (Å²) in [6, 6.07) is 19.9. The number of hydrogen-bond donors (Lipinski definition) is 0. The Balaban J connectivity index is 1.34. The highest BCUT2D eigenvalue weighted by molar-refractivity contribution is 7.14. The summed E-state index contributed by atoms with van der Waals surface area (Å²) < 4.78 is 42.5. The molecule has 0 spiro atoms. The molecule has 34 heavy (non-hydrogen) atoms. The number of halogens is 3. The Kier molecular flexibility index (Phi) is 5.65. The second-order valence-corrected chi connectivity index (χ2v) is 9.02. The van der Waals surface area contributed by atoms with Crippen LogP contribution in [0.2, 0.25) is 0 Å². The predicted octanol–water partition coefficient (Wildman–Crippen LogP) is 5.03. The number of carbonyl (C=O) groups is 1. The fourth-order valence-electron chi connectivity index (χ4n) is 4.20. The monoisotopic (exact) mass is 483 g/mol. The Morgan fingerprint density at radius 1 is 0.824 bits per heavy atom. The van der Waals surface area contributed by atoms with E-state index in [9.17, 15) is 22.8 Å². The quantitative estimate of drug-likeness (QED) is 0.411. The molecular formula is C25H20F3N3O2S. The van der Waals surface area contributed by atoms with Crippen molar-refractivity contribution in [3.8, 4) is 5.69 Å². The maximum Gasteiger partial charge on any atom is 0.417 e. The van der Waals surface area contributed by atoms with Crippen LogP contribution in [0.1, 0.15) is 15.9 Å². The molecule has 174 valence electrons. The molecule has 1 aliphatic rings. The number of hydrogen-bond acceptors (Lipinski definition) is 4. The fraction of sp³-hybridized carbons (Fsp3) is 0.200. The van der Waals surface area contributed by atoms with E-state index in [2.05, 4.69) is 4.90 Å². The third-order valence-corrected chi connectivity index (χ3v) is 7.05. The van der Waals surface area contributed by atoms with Crippen LogP contribution >= 0.6 is 11.5 Å². The first-order valence-corrected chi connectivity index (χ1v) is 11.5. The number of para-hydroxylation sites is 1. The molecule has 5 nitrogen and oxygen atoms in total. The van der Waals surface area contributed by atoms with Gasteiger partial charge in [-0.25, -0.2) is 3.96 Å². The fourth-order valence-corrected chi connectivity index (χ4v) is 5.23. The molecule has 1 aromatic heterocycles. The van der Waals surface area contributed by atoms with Gasteiger partial charge in [0, 0.05) is 31.9 Å². The van der Waals surface area contributed by atoms with Gasteiger partial charge in [0.25, 0.3) is 11.5 Å². The van der Waals surface area contributed by atoms with Crippen molar-refractivity contribution in [1.82, 2.24) is 8.86 Å². The van der Waals surface area contributed by atoms with Crippen LogP contribution in [0, 0.1) is 0 Å². The minimum absolute atomic E-state index is 0.0727. The first-order valence-electron chi connectivity index (χ1n) is 10.7. The first kappa shape index (κ1) is 22.2. The van der Waals surface area contributed by atoms with E-state index in [1.54, 1.807) is 10.0 Å². The Morgan fingerprint density at radius 3 is 2.21 bits per heavy atom. The van der Waals surface area contributed by atoms with Gasteiger partial charge in [0.1, 0.15) is 0 Å². The molecule has 5 rings (SSSR count). The van der Waals surface area contributed by atoms with Gasteiger partial charge in [-0.1, -0.05) is 41.9 Å². The van der Waals surface area contributed by atoms with E-state index in [0.29, 0.717) is 31.6 Å². The summed E-state index contributed by atoms with van der Waals surface area (Å²) in [5.74, 6) is -0.610. The Labute approximate surface area is 197 Å². The van der Waals surface area contributed by atoms with Gasteiger partial charge >= 0.3 is 6.18 Å². The highest BCUT2D eigenvalue weighted by atomic mass is 32.1. The van der Waals surface area contributed by atoms with Crippen LogP contribution in [0.5, 0.6) is 0 Å². The van der Waals surface area contributed by atoms with Crippen molar-refractivity contribution in [3.05, 3.63) is 94.3 Å². The Bertz CT molecular complexity index is 1400. The third-order valence-electron chi connectivity index (χ3n) is 5.96. The number of alkyl halides is 3. The molecule has 4 aromatic rings. The predicted molar refractivity (Wildman–Crippen MR) is 127 cm³/mol. The summed E-state index contributed by atoms with van der Waals surface area (Å²) in [4.78, 5) is 29.2. The third kappa shape index (κ3) is 4.07. The maximum absolute atomic E-state index is 13.3. The molecule has 0 unspecified atom stereocenters. The lowest BCUT2D eigenvalue weighted by molar-refractivity contribution is -0.138. The van der Waals surface area contributed by atoms with Crippen molar-refractivity contribution < 1.29 is 18.0 Å². The molecular weight excluding hydrogens is 463 g/mol. The molecule has 0 radical (unpaired) electrons. The average Bonchev–Trinajstić information content (AvgIpc) is 3.19. The van der Waals surface area contributed by atoms with Crippen LogP contribution in [-0.4, -0.2) is 40.9 Å². The minimum atomic E-state index is -4.58. The normalized spacial score (nSPS) is 14.6. The number of benzene rings is 3. The highest BCUT2D eigenvalue weighted by Crippen LogP contribution is 2.33. The van der Waals surface area contributed by atoms with Crippen molar-refractivity contribution in [1.29, 1.82) is 0 Å². The number of fused-ring (bicyclic) bond motifs is 1. The molecule has 3 aromatic carbocycles. The van der Waals surface area contributed by atoms with Crippen molar-refractivity contribution in [2.45, 2.75) is 6.18 Å². The second kappa shape index (κ2) is 8.64. The van der Waals surface area contributed by atoms with Gasteiger partial charge in [-0.2, -0.15) is 13.2 Å². The SMILES string of the molecule is O=C(c1ccccc1C(F)(F)F)N1CCN(c2ccc3c(=O)n(-c4ccccc4)sc3c2)CC1. The van der Waals surface area contributed by atoms with E-state index in [-0.39, 0.29) is 11.1 Å². The topological polar surface area (TPSA) is 45.6 Å². The van der Waals surface area contributed by atoms with Crippen molar-refractivity contribution in [3.63, 3.8) is 0 Å². The number of carbonyl (C=O) groups excluding carboxylic acids is 1. The largest absolute Gasteiger partial charge is 0.417 e. The lowest BCUT2D eigenvalue weighted by atomic mass is 10.1. The molecule has 9 heteroatoms. The van der Waals surface area contributed by atoms with Gasteiger partial charge < -0.3 is 9.80 Å². The molecule has 1 fully saturated rings. The average molecular weight is 484 g/mol. The van der Waals surface area contributed by atoms with Crippen LogP contribution < -0.4 is 10.5 Å². The minimum Gasteiger partial charge on any atom is -0.368 e. The number of nitrogens with zero attached hydrogens (tertiary/aromatic N) is 3. The number of piperazine rings is 1. The van der Waals surface area contributed by atoms with Crippen LogP contribution in [-0.2, 0) is 6.18 Å². The molecule has 0 N–H and O–H groups in total. The number of amides is 1. The van der Waals surface area contributed by atoms with Gasteiger partial charge in [0.15, 0.2) is 0 Å². The van der Waals surface area contributed by atoms with E-state index in [4.69, 9.17) is 0 Å². The molecule has 1 amide bonds. The zero-order chi connectivity index (χ0) is 23.9. The van der Waals surface area contributed by atoms with Crippen molar-refractivity contribution in [2.75, 3.05) is 31.1 Å². The Hall–Kier alpha value is -3.59. The van der Waals surface area contributed by atoms with Crippen LogP contribution in [0.15, 0.2) is 77.6 Å². The lowest BCUT2D eigenvalue weighted by Gasteiger charge is -2.36. The van der Waals surface area contributed by atoms with Crippen molar-refractivity contribution >= 4 is 33.2 Å². The van der Waals surface area contributed by atoms with E-state index in [0.717, 1.165) is 22.1 Å². The summed E-state index contributed by atoms with van der Waals surface area (Å²) in [5.41, 5.74) is 0.414. The van der Waals surface area contributed by atoms with Crippen LogP contribution in [0.4, 0.5) is 18.9 Å². The van der Waals surface area contributed by atoms with Gasteiger partial charge in [-0.15, -0.1) is 0 Å². The molecule has 0 aliphatic carbocycles. The number of anilines is 1. The van der Waals surface area contributed by atoms with Crippen LogP contribution in [0.25, 0.3) is 15.8 Å². The van der Waals surface area contributed by atoms with Gasteiger partial charge in [0.05, 0.1) is 26.9 Å². The molecule has 1 saturated heterocycles. The highest BCUT2D eigenvalue weighted by Gasteiger charge is 2.36. The second-order valence-electron chi connectivity index (χ2n) is 8.03. The van der Waals surface area contributed by atoms with Crippen LogP contribution in [0.3, 0.4) is 0 Å². The molecule has 0 saturated carbocycles. The summed E-state index contributed by atoms with van der Waals surface area (Å²) in [5, 5.41) is 0.634. The summed E-state index contributed by atoms with van der Waals surface area (Å²) >= 11 is 1.37. The number of rotatable bonds is 3. The summed E-state index contributed by atoms with van der Waals surface area (Å²) in [6.45, 7) is 1.59. The standard InChI is InChI=1S/C25H20F3N3O2S/c26-25(27,28)21-9-5-4-8-19(21)23(32)30-14-12-29(13-15-30)18-10-11-20-22(16-18)34-31(24(20)33)17-6-2-1-3-7-17/h1-11,16H,12-15H2. The lowest BCUT2D eigenvalue weighted by Crippen LogP contribution is -2.49. The smallest absolute Gasteiger partial charge is 0.368 e. The number of aromatic nitrogens is 1. The molecule has 0 bridgehead atoms. The van der Waals surface area contributed by atoms with E-state index < -0.39 is 17.6 Å².